The van der Waals surface area contributed by atoms with Crippen LogP contribution in [0.5, 0.6) is 11.5 Å². The van der Waals surface area contributed by atoms with Gasteiger partial charge in [-0.25, -0.2) is 4.79 Å². The summed E-state index contributed by atoms with van der Waals surface area (Å²) in [5, 5.41) is 17.9. The van der Waals surface area contributed by atoms with E-state index in [-0.39, 0.29) is 26.4 Å². The van der Waals surface area contributed by atoms with Gasteiger partial charge >= 0.3 is 6.16 Å². The minimum Gasteiger partial charge on any atom is -0.503 e. The smallest absolute Gasteiger partial charge is 0.503 e. The highest BCUT2D eigenvalue weighted by Gasteiger charge is 2.22. The van der Waals surface area contributed by atoms with E-state index >= 15 is 0 Å². The first-order chi connectivity index (χ1) is 7.40. The zero-order chi connectivity index (χ0) is 12.5. The number of aromatic hydroxyl groups is 1. The zero-order valence-electron chi connectivity index (χ0n) is 8.05. The average molecular weight is 286 g/mol. The SMILES string of the molecule is CCc1c(Cl)c(Cl)c(Cl)c(O)c1OC(=O)O. The fourth-order valence-electron chi connectivity index (χ4n) is 1.19. The van der Waals surface area contributed by atoms with Gasteiger partial charge in [-0.1, -0.05) is 41.7 Å². The van der Waals surface area contributed by atoms with E-state index < -0.39 is 11.9 Å². The number of ether oxygens (including phenoxy) is 1. The molecule has 0 radical (unpaired) electrons. The summed E-state index contributed by atoms with van der Waals surface area (Å²) in [6.07, 6.45) is -1.23. The number of hydrogen-bond acceptors (Lipinski definition) is 3. The van der Waals surface area contributed by atoms with Crippen molar-refractivity contribution in [3.63, 3.8) is 0 Å². The van der Waals surface area contributed by atoms with Crippen LogP contribution in [0, 0.1) is 0 Å². The molecule has 0 amide bonds. The number of halogens is 3. The Kier molecular flexibility index (Phi) is 4.13. The van der Waals surface area contributed by atoms with E-state index in [1.54, 1.807) is 6.92 Å². The van der Waals surface area contributed by atoms with E-state index in [0.717, 1.165) is 0 Å². The van der Waals surface area contributed by atoms with Gasteiger partial charge in [-0.05, 0) is 6.42 Å². The number of carbonyl (C=O) groups is 1. The molecular formula is C9H7Cl3O4. The largest absolute Gasteiger partial charge is 0.511 e. The minimum atomic E-state index is -1.57. The molecule has 0 bridgehead atoms. The zero-order valence-corrected chi connectivity index (χ0v) is 10.3. The maximum atomic E-state index is 10.4. The van der Waals surface area contributed by atoms with Crippen LogP contribution in [-0.4, -0.2) is 16.4 Å². The Bertz CT molecular complexity index is 445. The van der Waals surface area contributed by atoms with Crippen LogP contribution >= 0.6 is 34.8 Å². The summed E-state index contributed by atoms with van der Waals surface area (Å²) in [5.41, 5.74) is 0.288. The second-order valence-electron chi connectivity index (χ2n) is 2.82. The first-order valence-electron chi connectivity index (χ1n) is 4.19. The standard InChI is InChI=1S/C9H7Cl3O4/c1-2-3-4(10)5(11)6(12)7(13)8(3)16-9(14)15/h13H,2H2,1H3,(H,14,15). The van der Waals surface area contributed by atoms with Crippen molar-refractivity contribution >= 4 is 41.0 Å². The fraction of sp³-hybridized carbons (Fsp3) is 0.222. The highest BCUT2D eigenvalue weighted by Crippen LogP contribution is 2.47. The van der Waals surface area contributed by atoms with E-state index in [4.69, 9.17) is 39.9 Å². The monoisotopic (exact) mass is 284 g/mol. The molecule has 0 aliphatic heterocycles. The van der Waals surface area contributed by atoms with E-state index in [1.807, 2.05) is 0 Å². The van der Waals surface area contributed by atoms with Crippen molar-refractivity contribution in [2.24, 2.45) is 0 Å². The number of rotatable bonds is 2. The van der Waals surface area contributed by atoms with Crippen molar-refractivity contribution in [2.45, 2.75) is 13.3 Å². The Morgan fingerprint density at radius 2 is 1.81 bits per heavy atom. The van der Waals surface area contributed by atoms with E-state index in [9.17, 15) is 9.90 Å². The molecule has 0 saturated heterocycles. The molecule has 2 N–H and O–H groups in total. The van der Waals surface area contributed by atoms with Gasteiger partial charge in [0.1, 0.15) is 5.02 Å². The molecule has 0 aromatic heterocycles. The van der Waals surface area contributed by atoms with E-state index in [2.05, 4.69) is 4.74 Å². The van der Waals surface area contributed by atoms with Crippen molar-refractivity contribution in [3.05, 3.63) is 20.6 Å². The Morgan fingerprint density at radius 1 is 1.25 bits per heavy atom. The van der Waals surface area contributed by atoms with E-state index in [0.29, 0.717) is 6.42 Å². The summed E-state index contributed by atoms with van der Waals surface area (Å²) in [7, 11) is 0. The van der Waals surface area contributed by atoms with Crippen LogP contribution in [-0.2, 0) is 6.42 Å². The van der Waals surface area contributed by atoms with Gasteiger partial charge in [0.05, 0.1) is 10.0 Å². The van der Waals surface area contributed by atoms with Crippen LogP contribution in [0.4, 0.5) is 4.79 Å². The van der Waals surface area contributed by atoms with Crippen LogP contribution in [0.2, 0.25) is 15.1 Å². The number of phenolic OH excluding ortho intramolecular Hbond substituents is 1. The van der Waals surface area contributed by atoms with Crippen molar-refractivity contribution in [2.75, 3.05) is 0 Å². The lowest BCUT2D eigenvalue weighted by Gasteiger charge is -2.13. The molecule has 0 aliphatic carbocycles. The highest BCUT2D eigenvalue weighted by molar-refractivity contribution is 6.49. The summed E-state index contributed by atoms with van der Waals surface area (Å²) < 4.78 is 4.42. The molecule has 0 fully saturated rings. The number of carboxylic acid groups (broad SMARTS) is 1. The second kappa shape index (κ2) is 4.99. The molecule has 0 heterocycles. The van der Waals surface area contributed by atoms with Gasteiger partial charge in [0, 0.05) is 5.56 Å². The molecule has 0 saturated carbocycles. The third-order valence-electron chi connectivity index (χ3n) is 1.89. The Morgan fingerprint density at radius 3 is 2.25 bits per heavy atom. The first-order valence-corrected chi connectivity index (χ1v) is 5.32. The second-order valence-corrected chi connectivity index (χ2v) is 3.95. The average Bonchev–Trinajstić information content (AvgIpc) is 2.23. The molecule has 0 unspecified atom stereocenters. The number of hydrogen-bond donors (Lipinski definition) is 2. The first kappa shape index (κ1) is 13.2. The predicted molar refractivity (Wildman–Crippen MR) is 61.2 cm³/mol. The predicted octanol–water partition coefficient (Wildman–Crippen LogP) is 3.97. The molecule has 1 aromatic rings. The lowest BCUT2D eigenvalue weighted by molar-refractivity contribution is 0.142. The summed E-state index contributed by atoms with van der Waals surface area (Å²) in [4.78, 5) is 10.4. The van der Waals surface area contributed by atoms with Gasteiger partial charge in [-0.3, -0.25) is 0 Å². The summed E-state index contributed by atoms with van der Waals surface area (Å²) in [6, 6.07) is 0. The maximum absolute atomic E-state index is 10.4. The van der Waals surface area contributed by atoms with Crippen LogP contribution < -0.4 is 4.74 Å². The topological polar surface area (TPSA) is 66.8 Å². The van der Waals surface area contributed by atoms with Crippen molar-refractivity contribution in [1.29, 1.82) is 0 Å². The molecule has 1 aromatic carbocycles. The van der Waals surface area contributed by atoms with Crippen LogP contribution in [0.3, 0.4) is 0 Å². The van der Waals surface area contributed by atoms with Crippen LogP contribution in [0.15, 0.2) is 0 Å². The van der Waals surface area contributed by atoms with Crippen molar-refractivity contribution < 1.29 is 19.7 Å². The number of phenols is 1. The third-order valence-corrected chi connectivity index (χ3v) is 3.25. The van der Waals surface area contributed by atoms with Gasteiger partial charge in [-0.15, -0.1) is 0 Å². The summed E-state index contributed by atoms with van der Waals surface area (Å²) in [5.74, 6) is -0.815. The molecule has 0 aliphatic rings. The molecule has 88 valence electrons. The van der Waals surface area contributed by atoms with Crippen molar-refractivity contribution in [3.8, 4) is 11.5 Å². The Balaban J connectivity index is 3.50. The van der Waals surface area contributed by atoms with Crippen LogP contribution in [0.1, 0.15) is 12.5 Å². The summed E-state index contributed by atoms with van der Waals surface area (Å²) in [6.45, 7) is 1.71. The van der Waals surface area contributed by atoms with Gasteiger partial charge in [-0.2, -0.15) is 0 Å². The highest BCUT2D eigenvalue weighted by atomic mass is 35.5. The minimum absolute atomic E-state index is 0.0320. The van der Waals surface area contributed by atoms with E-state index in [1.165, 1.54) is 0 Å². The molecular weight excluding hydrogens is 278 g/mol. The van der Waals surface area contributed by atoms with Gasteiger partial charge in [0.2, 0.25) is 0 Å². The molecule has 7 heteroatoms. The lowest BCUT2D eigenvalue weighted by Crippen LogP contribution is -2.06. The number of benzene rings is 1. The van der Waals surface area contributed by atoms with Gasteiger partial charge in [0.25, 0.3) is 0 Å². The quantitative estimate of drug-likeness (QED) is 0.490. The lowest BCUT2D eigenvalue weighted by atomic mass is 10.1. The van der Waals surface area contributed by atoms with Crippen LogP contribution in [0.25, 0.3) is 0 Å². The molecule has 16 heavy (non-hydrogen) atoms. The van der Waals surface area contributed by atoms with Gasteiger partial charge < -0.3 is 14.9 Å². The Labute approximate surface area is 106 Å². The molecule has 4 nitrogen and oxygen atoms in total. The molecule has 0 spiro atoms. The van der Waals surface area contributed by atoms with Gasteiger partial charge in [0.15, 0.2) is 11.5 Å². The summed E-state index contributed by atoms with van der Waals surface area (Å²) >= 11 is 17.3. The van der Waals surface area contributed by atoms with Crippen molar-refractivity contribution in [1.82, 2.24) is 0 Å². The third kappa shape index (κ3) is 2.29. The molecule has 1 rings (SSSR count). The fourth-order valence-corrected chi connectivity index (χ4v) is 1.93. The normalized spacial score (nSPS) is 10.2. The molecule has 0 atom stereocenters. The maximum Gasteiger partial charge on any atom is 0.511 e. The Hall–Kier alpha value is -0.840.